The second kappa shape index (κ2) is 12.6. The quantitative estimate of drug-likeness (QED) is 0.402. The number of carbonyl (C=O) groups is 2. The monoisotopic (exact) mass is 350 g/mol. The molecule has 142 valence electrons. The minimum Gasteiger partial charge on any atom is -0.442 e. The van der Waals surface area contributed by atoms with Crippen LogP contribution in [0, 0.1) is 0 Å². The number of nitrogens with two attached hydrogens (primary N) is 1. The lowest BCUT2D eigenvalue weighted by molar-refractivity contribution is -0.155. The summed E-state index contributed by atoms with van der Waals surface area (Å²) in [7, 11) is 0. The van der Waals surface area contributed by atoms with Crippen molar-refractivity contribution >= 4 is 11.9 Å². The van der Waals surface area contributed by atoms with Gasteiger partial charge in [0.05, 0.1) is 6.54 Å². The highest BCUT2D eigenvalue weighted by molar-refractivity contribution is 5.92. The van der Waals surface area contributed by atoms with Gasteiger partial charge in [0.1, 0.15) is 0 Å². The number of primary amides is 1. The second-order valence-corrected chi connectivity index (χ2v) is 6.74. The fourth-order valence-electron chi connectivity index (χ4n) is 2.88. The molecule has 5 heteroatoms. The first-order valence-corrected chi connectivity index (χ1v) is 9.67. The molecule has 1 aliphatic rings. The van der Waals surface area contributed by atoms with Crippen LogP contribution in [0.15, 0.2) is 23.9 Å². The number of hydrogen-bond acceptors (Lipinski definition) is 4. The van der Waals surface area contributed by atoms with E-state index in [0.717, 1.165) is 12.8 Å². The number of carbonyl (C=O) groups excluding carboxylic acids is 2. The highest BCUT2D eigenvalue weighted by Gasteiger charge is 2.19. The van der Waals surface area contributed by atoms with Crippen molar-refractivity contribution in [2.75, 3.05) is 6.54 Å². The maximum absolute atomic E-state index is 11.9. The lowest BCUT2D eigenvalue weighted by atomic mass is 10.1. The normalized spacial score (nSPS) is 15.0. The summed E-state index contributed by atoms with van der Waals surface area (Å²) < 4.78 is 5.45. The van der Waals surface area contributed by atoms with E-state index in [1.807, 2.05) is 13.1 Å². The van der Waals surface area contributed by atoms with Crippen molar-refractivity contribution in [3.05, 3.63) is 23.9 Å². The molecule has 1 aliphatic heterocycles. The molecule has 0 saturated carbocycles. The predicted molar refractivity (Wildman–Crippen MR) is 101 cm³/mol. The summed E-state index contributed by atoms with van der Waals surface area (Å²) in [6.45, 7) is 4.41. The van der Waals surface area contributed by atoms with Crippen molar-refractivity contribution < 1.29 is 14.3 Å². The first-order chi connectivity index (χ1) is 12.0. The van der Waals surface area contributed by atoms with E-state index < -0.39 is 12.1 Å². The summed E-state index contributed by atoms with van der Waals surface area (Å²) in [5.74, 6) is -0.624. The minimum atomic E-state index is -0.442. The predicted octanol–water partition coefficient (Wildman–Crippen LogP) is 4.04. The van der Waals surface area contributed by atoms with Crippen LogP contribution < -0.4 is 5.73 Å². The fourth-order valence-corrected chi connectivity index (χ4v) is 2.88. The maximum Gasteiger partial charge on any atom is 0.307 e. The fraction of sp³-hybridized carbons (Fsp3) is 0.700. The average Bonchev–Trinajstić information content (AvgIpc) is 2.60. The molecule has 0 aliphatic carbocycles. The van der Waals surface area contributed by atoms with Crippen LogP contribution in [-0.4, -0.2) is 29.5 Å². The minimum absolute atomic E-state index is 0.181. The van der Waals surface area contributed by atoms with Gasteiger partial charge in [0.25, 0.3) is 0 Å². The molecular formula is C20H34N2O3. The number of unbranched alkanes of at least 4 members (excludes halogenated alkanes) is 8. The van der Waals surface area contributed by atoms with Gasteiger partial charge in [0.15, 0.2) is 6.23 Å². The second-order valence-electron chi connectivity index (χ2n) is 6.74. The van der Waals surface area contributed by atoms with Gasteiger partial charge < -0.3 is 15.4 Å². The molecule has 1 amide bonds. The number of allylic oxidation sites excluding steroid dienone is 2. The molecule has 0 spiro atoms. The van der Waals surface area contributed by atoms with Crippen LogP contribution in [0.25, 0.3) is 0 Å². The Morgan fingerprint density at radius 3 is 2.32 bits per heavy atom. The Morgan fingerprint density at radius 1 is 1.12 bits per heavy atom. The lowest BCUT2D eigenvalue weighted by Crippen LogP contribution is -2.37. The smallest absolute Gasteiger partial charge is 0.307 e. The van der Waals surface area contributed by atoms with E-state index in [2.05, 4.69) is 6.92 Å². The maximum atomic E-state index is 11.9. The van der Waals surface area contributed by atoms with Gasteiger partial charge in [0.2, 0.25) is 5.91 Å². The van der Waals surface area contributed by atoms with E-state index in [4.69, 9.17) is 10.5 Å². The molecule has 0 radical (unpaired) electrons. The van der Waals surface area contributed by atoms with Gasteiger partial charge in [-0.1, -0.05) is 64.4 Å². The number of nitrogens with zero attached hydrogens (tertiary/aromatic N) is 1. The van der Waals surface area contributed by atoms with Gasteiger partial charge in [-0.15, -0.1) is 0 Å². The summed E-state index contributed by atoms with van der Waals surface area (Å²) in [5, 5.41) is 0. The van der Waals surface area contributed by atoms with E-state index in [-0.39, 0.29) is 5.97 Å². The molecule has 1 atom stereocenters. The Labute approximate surface area is 152 Å². The van der Waals surface area contributed by atoms with E-state index in [1.54, 1.807) is 17.1 Å². The van der Waals surface area contributed by atoms with E-state index in [1.165, 1.54) is 44.9 Å². The highest BCUT2D eigenvalue weighted by Crippen LogP contribution is 2.14. The molecule has 25 heavy (non-hydrogen) atoms. The molecule has 0 aromatic carbocycles. The zero-order valence-electron chi connectivity index (χ0n) is 15.8. The van der Waals surface area contributed by atoms with Gasteiger partial charge in [0, 0.05) is 18.2 Å². The molecule has 1 unspecified atom stereocenters. The van der Waals surface area contributed by atoms with Crippen molar-refractivity contribution in [2.45, 2.75) is 84.3 Å². The SMILES string of the molecule is CCCCCCCCCCCC(=O)OC(C)N1C=CC=C(C(N)=O)C1. The van der Waals surface area contributed by atoms with Gasteiger partial charge in [-0.25, -0.2) is 0 Å². The molecule has 0 aromatic heterocycles. The lowest BCUT2D eigenvalue weighted by Gasteiger charge is -2.29. The molecule has 0 aromatic rings. The van der Waals surface area contributed by atoms with E-state index >= 15 is 0 Å². The Bertz CT molecular complexity index is 472. The Balaban J connectivity index is 2.09. The molecule has 0 bridgehead atoms. The molecular weight excluding hydrogens is 316 g/mol. The summed E-state index contributed by atoms with van der Waals surface area (Å²) in [5.41, 5.74) is 5.81. The topological polar surface area (TPSA) is 72.6 Å². The van der Waals surface area contributed by atoms with Gasteiger partial charge in [-0.2, -0.15) is 0 Å². The van der Waals surface area contributed by atoms with Crippen LogP contribution >= 0.6 is 0 Å². The molecule has 1 heterocycles. The number of amides is 1. The number of esters is 1. The van der Waals surface area contributed by atoms with Crippen molar-refractivity contribution in [3.8, 4) is 0 Å². The summed E-state index contributed by atoms with van der Waals surface area (Å²) in [6, 6.07) is 0. The van der Waals surface area contributed by atoms with Crippen molar-refractivity contribution in [3.63, 3.8) is 0 Å². The van der Waals surface area contributed by atoms with Crippen molar-refractivity contribution in [1.82, 2.24) is 4.90 Å². The standard InChI is InChI=1S/C20H34N2O3/c1-3-4-5-6-7-8-9-10-11-14-19(23)25-17(2)22-15-12-13-18(16-22)20(21)24/h12-13,15,17H,3-11,14,16H2,1-2H3,(H2,21,24). The first-order valence-electron chi connectivity index (χ1n) is 9.67. The molecule has 0 fully saturated rings. The average molecular weight is 351 g/mol. The van der Waals surface area contributed by atoms with Crippen molar-refractivity contribution in [1.29, 1.82) is 0 Å². The Kier molecular flexibility index (Phi) is 10.7. The van der Waals surface area contributed by atoms with Crippen LogP contribution in [0.2, 0.25) is 0 Å². The van der Waals surface area contributed by atoms with Gasteiger partial charge in [-0.05, 0) is 19.4 Å². The molecule has 5 nitrogen and oxygen atoms in total. The van der Waals surface area contributed by atoms with E-state index in [9.17, 15) is 9.59 Å². The number of hydrogen-bond donors (Lipinski definition) is 1. The molecule has 2 N–H and O–H groups in total. The summed E-state index contributed by atoms with van der Waals surface area (Å²) in [6.07, 6.45) is 16.3. The zero-order chi connectivity index (χ0) is 18.5. The molecule has 0 saturated heterocycles. The summed E-state index contributed by atoms with van der Waals surface area (Å²) >= 11 is 0. The highest BCUT2D eigenvalue weighted by atomic mass is 16.6. The number of rotatable bonds is 13. The third-order valence-corrected chi connectivity index (χ3v) is 4.50. The third-order valence-electron chi connectivity index (χ3n) is 4.50. The van der Waals surface area contributed by atoms with Crippen LogP contribution in [0.5, 0.6) is 0 Å². The van der Waals surface area contributed by atoms with Gasteiger partial charge >= 0.3 is 5.97 Å². The summed E-state index contributed by atoms with van der Waals surface area (Å²) in [4.78, 5) is 25.0. The van der Waals surface area contributed by atoms with Crippen molar-refractivity contribution in [2.24, 2.45) is 5.73 Å². The number of ether oxygens (including phenoxy) is 1. The van der Waals surface area contributed by atoms with Crippen LogP contribution in [-0.2, 0) is 14.3 Å². The first kappa shape index (κ1) is 21.3. The zero-order valence-corrected chi connectivity index (χ0v) is 15.8. The van der Waals surface area contributed by atoms with Crippen LogP contribution in [0.3, 0.4) is 0 Å². The largest absolute Gasteiger partial charge is 0.442 e. The van der Waals surface area contributed by atoms with Crippen LogP contribution in [0.4, 0.5) is 0 Å². The van der Waals surface area contributed by atoms with Gasteiger partial charge in [-0.3, -0.25) is 9.59 Å². The van der Waals surface area contributed by atoms with Crippen LogP contribution in [0.1, 0.15) is 78.1 Å². The third kappa shape index (κ3) is 9.32. The Morgan fingerprint density at radius 2 is 1.72 bits per heavy atom. The molecule has 1 rings (SSSR count). The Hall–Kier alpha value is -1.78. The van der Waals surface area contributed by atoms with E-state index in [0.29, 0.717) is 18.5 Å².